The Morgan fingerprint density at radius 3 is 2.65 bits per heavy atom. The minimum absolute atomic E-state index is 0.0393. The lowest BCUT2D eigenvalue weighted by molar-refractivity contribution is 0.0252. The molecule has 4 nitrogen and oxygen atoms in total. The van der Waals surface area contributed by atoms with E-state index >= 15 is 0 Å². The van der Waals surface area contributed by atoms with E-state index in [9.17, 15) is 9.90 Å². The van der Waals surface area contributed by atoms with Gasteiger partial charge in [-0.25, -0.2) is 4.79 Å². The van der Waals surface area contributed by atoms with Gasteiger partial charge in [0.2, 0.25) is 0 Å². The average Bonchev–Trinajstić information content (AvgIpc) is 2.46. The van der Waals surface area contributed by atoms with Gasteiger partial charge in [0.05, 0.1) is 6.10 Å². The van der Waals surface area contributed by atoms with Gasteiger partial charge in [0.1, 0.15) is 5.60 Å². The van der Waals surface area contributed by atoms with Gasteiger partial charge in [0.25, 0.3) is 0 Å². The van der Waals surface area contributed by atoms with E-state index in [0.29, 0.717) is 6.42 Å². The number of aliphatic hydroxyl groups excluding tert-OH is 1. The fourth-order valence-corrected chi connectivity index (χ4v) is 3.71. The van der Waals surface area contributed by atoms with Crippen LogP contribution in [0.15, 0.2) is 24.3 Å². The number of rotatable bonds is 5. The van der Waals surface area contributed by atoms with Gasteiger partial charge in [-0.15, -0.1) is 0 Å². The minimum atomic E-state index is -0.745. The predicted octanol–water partition coefficient (Wildman–Crippen LogP) is 4.17. The zero-order valence-electron chi connectivity index (χ0n) is 13.8. The summed E-state index contributed by atoms with van der Waals surface area (Å²) in [5.74, 6) is 0. The van der Waals surface area contributed by atoms with Crippen molar-refractivity contribution in [2.45, 2.75) is 69.5 Å². The summed E-state index contributed by atoms with van der Waals surface area (Å²) in [6.45, 7) is 3.75. The molecule has 0 saturated heterocycles. The Labute approximate surface area is 143 Å². The minimum Gasteiger partial charge on any atom is -0.444 e. The molecule has 1 amide bonds. The Morgan fingerprint density at radius 1 is 1.43 bits per heavy atom. The van der Waals surface area contributed by atoms with Crippen molar-refractivity contribution in [3.63, 3.8) is 0 Å². The Hall–Kier alpha value is -1.26. The molecule has 0 aliphatic heterocycles. The molecule has 5 heteroatoms. The molecule has 3 N–H and O–H groups in total. The fourth-order valence-electron chi connectivity index (χ4n) is 3.52. The molecule has 0 spiro atoms. The van der Waals surface area contributed by atoms with Crippen LogP contribution in [0.25, 0.3) is 0 Å². The Kier molecular flexibility index (Phi) is 5.58. The van der Waals surface area contributed by atoms with Crippen LogP contribution in [0.2, 0.25) is 5.02 Å². The first-order chi connectivity index (χ1) is 10.7. The standard InChI is InChI=1S/C18H26ClNO3/c1-17(2,23-16(20)22)10-11-18(8-6-15(21)7-9-18)13-4-3-5-14(19)12-13/h3-5,12,15,21H,6-11H2,1-2H3,(H2,20,22). The van der Waals surface area contributed by atoms with Crippen LogP contribution in [0, 0.1) is 0 Å². The van der Waals surface area contributed by atoms with Crippen molar-refractivity contribution >= 4 is 17.7 Å². The Balaban J connectivity index is 2.20. The molecule has 128 valence electrons. The number of nitrogens with two attached hydrogens (primary N) is 1. The fraction of sp³-hybridized carbons (Fsp3) is 0.611. The zero-order chi connectivity index (χ0) is 17.1. The highest BCUT2D eigenvalue weighted by Gasteiger charge is 2.38. The average molecular weight is 340 g/mol. The monoisotopic (exact) mass is 339 g/mol. The van der Waals surface area contributed by atoms with Crippen molar-refractivity contribution in [3.8, 4) is 0 Å². The number of hydrogen-bond donors (Lipinski definition) is 2. The summed E-state index contributed by atoms with van der Waals surface area (Å²) >= 11 is 6.18. The number of amides is 1. The van der Waals surface area contributed by atoms with Crippen molar-refractivity contribution in [2.75, 3.05) is 0 Å². The van der Waals surface area contributed by atoms with Gasteiger partial charge >= 0.3 is 6.09 Å². The van der Waals surface area contributed by atoms with Crippen molar-refractivity contribution in [1.82, 2.24) is 0 Å². The van der Waals surface area contributed by atoms with Crippen LogP contribution in [0.4, 0.5) is 4.79 Å². The molecule has 0 bridgehead atoms. The number of carbonyl (C=O) groups excluding carboxylic acids is 1. The van der Waals surface area contributed by atoms with E-state index in [2.05, 4.69) is 6.07 Å². The SMILES string of the molecule is CC(C)(CCC1(c2cccc(Cl)c2)CCC(O)CC1)OC(N)=O. The molecule has 1 aliphatic rings. The van der Waals surface area contributed by atoms with Gasteiger partial charge in [-0.1, -0.05) is 23.7 Å². The normalized spacial score (nSPS) is 25.1. The second kappa shape index (κ2) is 7.10. The first kappa shape index (κ1) is 18.1. The maximum Gasteiger partial charge on any atom is 0.405 e. The summed E-state index contributed by atoms with van der Waals surface area (Å²) in [7, 11) is 0. The third-order valence-electron chi connectivity index (χ3n) is 4.93. The molecule has 0 radical (unpaired) electrons. The van der Waals surface area contributed by atoms with E-state index in [0.717, 1.165) is 37.1 Å². The quantitative estimate of drug-likeness (QED) is 0.845. The summed E-state index contributed by atoms with van der Waals surface area (Å²) in [5.41, 5.74) is 5.72. The number of aliphatic hydroxyl groups is 1. The summed E-state index contributed by atoms with van der Waals surface area (Å²) in [4.78, 5) is 11.1. The van der Waals surface area contributed by atoms with Crippen LogP contribution >= 0.6 is 11.6 Å². The van der Waals surface area contributed by atoms with Crippen LogP contribution < -0.4 is 5.73 Å². The number of hydrogen-bond acceptors (Lipinski definition) is 3. The molecule has 2 rings (SSSR count). The Bertz CT molecular complexity index is 551. The van der Waals surface area contributed by atoms with Gasteiger partial charge < -0.3 is 15.6 Å². The zero-order valence-corrected chi connectivity index (χ0v) is 14.6. The van der Waals surface area contributed by atoms with Gasteiger partial charge in [0.15, 0.2) is 0 Å². The van der Waals surface area contributed by atoms with Gasteiger partial charge in [0, 0.05) is 5.02 Å². The maximum absolute atomic E-state index is 11.1. The highest BCUT2D eigenvalue weighted by molar-refractivity contribution is 6.30. The van der Waals surface area contributed by atoms with E-state index in [1.54, 1.807) is 0 Å². The first-order valence-electron chi connectivity index (χ1n) is 8.15. The van der Waals surface area contributed by atoms with E-state index in [1.165, 1.54) is 5.56 Å². The van der Waals surface area contributed by atoms with Gasteiger partial charge in [-0.05, 0) is 75.5 Å². The highest BCUT2D eigenvalue weighted by atomic mass is 35.5. The molecular formula is C18H26ClNO3. The predicted molar refractivity (Wildman–Crippen MR) is 91.6 cm³/mol. The van der Waals surface area contributed by atoms with E-state index < -0.39 is 11.7 Å². The van der Waals surface area contributed by atoms with Crippen molar-refractivity contribution < 1.29 is 14.6 Å². The summed E-state index contributed by atoms with van der Waals surface area (Å²) in [6, 6.07) is 7.96. The highest BCUT2D eigenvalue weighted by Crippen LogP contribution is 2.45. The smallest absolute Gasteiger partial charge is 0.405 e. The largest absolute Gasteiger partial charge is 0.444 e. The van der Waals surface area contributed by atoms with Gasteiger partial charge in [-0.2, -0.15) is 0 Å². The number of primary amides is 1. The van der Waals surface area contributed by atoms with Crippen LogP contribution in [0.1, 0.15) is 57.9 Å². The van der Waals surface area contributed by atoms with E-state index in [4.69, 9.17) is 22.1 Å². The Morgan fingerprint density at radius 2 is 2.09 bits per heavy atom. The molecule has 1 fully saturated rings. The molecule has 1 aliphatic carbocycles. The molecule has 1 aromatic carbocycles. The summed E-state index contributed by atoms with van der Waals surface area (Å²) in [6.07, 6.45) is 3.97. The molecular weight excluding hydrogens is 314 g/mol. The van der Waals surface area contributed by atoms with Crippen LogP contribution in [0.3, 0.4) is 0 Å². The third kappa shape index (κ3) is 4.85. The molecule has 23 heavy (non-hydrogen) atoms. The van der Waals surface area contributed by atoms with Crippen molar-refractivity contribution in [3.05, 3.63) is 34.9 Å². The molecule has 0 heterocycles. The second-order valence-corrected chi connectivity index (χ2v) is 7.64. The first-order valence-corrected chi connectivity index (χ1v) is 8.53. The summed E-state index contributed by atoms with van der Waals surface area (Å²) < 4.78 is 5.22. The second-order valence-electron chi connectivity index (χ2n) is 7.20. The topological polar surface area (TPSA) is 72.6 Å². The molecule has 0 aromatic heterocycles. The lowest BCUT2D eigenvalue weighted by Gasteiger charge is -2.41. The lowest BCUT2D eigenvalue weighted by atomic mass is 9.65. The number of carbonyl (C=O) groups is 1. The third-order valence-corrected chi connectivity index (χ3v) is 5.17. The number of halogens is 1. The van der Waals surface area contributed by atoms with Crippen LogP contribution in [0.5, 0.6) is 0 Å². The molecule has 1 saturated carbocycles. The van der Waals surface area contributed by atoms with Crippen LogP contribution in [-0.2, 0) is 10.2 Å². The summed E-state index contributed by atoms with van der Waals surface area (Å²) in [5, 5.41) is 10.6. The molecule has 0 atom stereocenters. The number of benzene rings is 1. The van der Waals surface area contributed by atoms with Crippen LogP contribution in [-0.4, -0.2) is 22.9 Å². The van der Waals surface area contributed by atoms with E-state index in [1.807, 2.05) is 32.0 Å². The van der Waals surface area contributed by atoms with Crippen molar-refractivity contribution in [1.29, 1.82) is 0 Å². The maximum atomic E-state index is 11.1. The van der Waals surface area contributed by atoms with Crippen molar-refractivity contribution in [2.24, 2.45) is 5.73 Å². The molecule has 1 aromatic rings. The lowest BCUT2D eigenvalue weighted by Crippen LogP contribution is -2.38. The van der Waals surface area contributed by atoms with Gasteiger partial charge in [-0.3, -0.25) is 0 Å². The van der Waals surface area contributed by atoms with E-state index in [-0.39, 0.29) is 11.5 Å². The number of ether oxygens (including phenoxy) is 1. The molecule has 0 unspecified atom stereocenters.